The third-order valence-electron chi connectivity index (χ3n) is 3.82. The Morgan fingerprint density at radius 2 is 2.00 bits per heavy atom. The van der Waals surface area contributed by atoms with Crippen LogP contribution in [0.25, 0.3) is 0 Å². The van der Waals surface area contributed by atoms with E-state index in [1.807, 2.05) is 0 Å². The third-order valence-corrected chi connectivity index (χ3v) is 4.49. The van der Waals surface area contributed by atoms with Gasteiger partial charge in [0.05, 0.1) is 19.3 Å². The smallest absolute Gasteiger partial charge is 0.0704 e. The number of methoxy groups -OCH3 is 1. The lowest BCUT2D eigenvalue weighted by molar-refractivity contribution is -0.112. The second kappa shape index (κ2) is 7.57. The number of hydrogen-bond donors (Lipinski definition) is 0. The van der Waals surface area contributed by atoms with Crippen LogP contribution in [0.4, 0.5) is 0 Å². The Morgan fingerprint density at radius 1 is 1.24 bits per heavy atom. The van der Waals surface area contributed by atoms with Crippen molar-refractivity contribution in [2.75, 3.05) is 33.5 Å². The Bertz CT molecular complexity index is 213. The van der Waals surface area contributed by atoms with Crippen molar-refractivity contribution >= 4 is 11.6 Å². The van der Waals surface area contributed by atoms with Crippen LogP contribution in [0, 0.1) is 5.41 Å². The van der Waals surface area contributed by atoms with E-state index in [1.165, 1.54) is 0 Å². The van der Waals surface area contributed by atoms with E-state index in [9.17, 15) is 0 Å². The summed E-state index contributed by atoms with van der Waals surface area (Å²) in [6, 6.07) is 0. The van der Waals surface area contributed by atoms with E-state index in [0.29, 0.717) is 19.3 Å². The molecule has 1 fully saturated rings. The van der Waals surface area contributed by atoms with Gasteiger partial charge in [-0.3, -0.25) is 0 Å². The van der Waals surface area contributed by atoms with Crippen molar-refractivity contribution in [3.8, 4) is 0 Å². The van der Waals surface area contributed by atoms with E-state index in [2.05, 4.69) is 13.8 Å². The number of rotatable bonds is 9. The maximum Gasteiger partial charge on any atom is 0.0704 e. The van der Waals surface area contributed by atoms with Crippen LogP contribution in [0.5, 0.6) is 0 Å². The van der Waals surface area contributed by atoms with Crippen molar-refractivity contribution in [2.24, 2.45) is 5.41 Å². The minimum absolute atomic E-state index is 0.150. The van der Waals surface area contributed by atoms with Gasteiger partial charge in [-0.25, -0.2) is 0 Å². The molecule has 4 heteroatoms. The molecule has 0 aromatic carbocycles. The van der Waals surface area contributed by atoms with Crippen LogP contribution in [0.2, 0.25) is 0 Å². The maximum atomic E-state index is 6.22. The first-order chi connectivity index (χ1) is 8.15. The molecule has 0 bridgehead atoms. The highest BCUT2D eigenvalue weighted by Crippen LogP contribution is 2.48. The quantitative estimate of drug-likeness (QED) is 0.473. The van der Waals surface area contributed by atoms with Gasteiger partial charge in [-0.15, -0.1) is 11.6 Å². The molecule has 0 N–H and O–H groups in total. The molecule has 3 unspecified atom stereocenters. The molecule has 0 aromatic heterocycles. The lowest BCUT2D eigenvalue weighted by atomic mass is 9.65. The van der Waals surface area contributed by atoms with Gasteiger partial charge in [0, 0.05) is 31.1 Å². The topological polar surface area (TPSA) is 27.7 Å². The van der Waals surface area contributed by atoms with Crippen LogP contribution >= 0.6 is 11.6 Å². The zero-order valence-electron chi connectivity index (χ0n) is 11.2. The molecule has 0 spiro atoms. The van der Waals surface area contributed by atoms with Crippen LogP contribution < -0.4 is 0 Å². The van der Waals surface area contributed by atoms with Crippen molar-refractivity contribution in [1.82, 2.24) is 0 Å². The Kier molecular flexibility index (Phi) is 6.78. The van der Waals surface area contributed by atoms with Crippen molar-refractivity contribution in [3.63, 3.8) is 0 Å². The van der Waals surface area contributed by atoms with Gasteiger partial charge in [-0.2, -0.15) is 0 Å². The molecule has 0 aliphatic heterocycles. The molecular formula is C13H25ClO3. The minimum atomic E-state index is 0.150. The van der Waals surface area contributed by atoms with E-state index < -0.39 is 0 Å². The predicted octanol–water partition coefficient (Wildman–Crippen LogP) is 2.85. The Labute approximate surface area is 110 Å². The number of alkyl halides is 1. The summed E-state index contributed by atoms with van der Waals surface area (Å²) in [5.74, 6) is 0. The molecule has 3 atom stereocenters. The van der Waals surface area contributed by atoms with Crippen LogP contribution in [0.15, 0.2) is 0 Å². The molecule has 0 heterocycles. The van der Waals surface area contributed by atoms with Crippen molar-refractivity contribution < 1.29 is 14.2 Å². The van der Waals surface area contributed by atoms with E-state index in [-0.39, 0.29) is 10.8 Å². The maximum absolute atomic E-state index is 6.22. The van der Waals surface area contributed by atoms with Gasteiger partial charge in [-0.05, 0) is 19.3 Å². The molecule has 0 aromatic rings. The SMILES string of the molecule is CCC1(C)C(Cl)CC1OCCOCCCOC. The Morgan fingerprint density at radius 3 is 2.59 bits per heavy atom. The summed E-state index contributed by atoms with van der Waals surface area (Å²) in [6.45, 7) is 7.20. The van der Waals surface area contributed by atoms with E-state index in [0.717, 1.165) is 32.5 Å². The largest absolute Gasteiger partial charge is 0.385 e. The van der Waals surface area contributed by atoms with E-state index in [1.54, 1.807) is 7.11 Å². The highest BCUT2D eigenvalue weighted by Gasteiger charge is 2.50. The summed E-state index contributed by atoms with van der Waals surface area (Å²) in [6.07, 6.45) is 3.28. The van der Waals surface area contributed by atoms with Crippen LogP contribution in [0.3, 0.4) is 0 Å². The fourth-order valence-corrected chi connectivity index (χ4v) is 2.59. The summed E-state index contributed by atoms with van der Waals surface area (Å²) in [5, 5.41) is 0.264. The number of ether oxygens (including phenoxy) is 3. The molecule has 0 amide bonds. The fraction of sp³-hybridized carbons (Fsp3) is 1.00. The Balaban J connectivity index is 2.00. The molecule has 0 saturated heterocycles. The van der Waals surface area contributed by atoms with Crippen LogP contribution in [-0.4, -0.2) is 45.0 Å². The first-order valence-corrected chi connectivity index (χ1v) is 6.91. The molecule has 102 valence electrons. The van der Waals surface area contributed by atoms with Gasteiger partial charge in [-0.1, -0.05) is 13.8 Å². The van der Waals surface area contributed by atoms with Crippen molar-refractivity contribution in [2.45, 2.75) is 44.6 Å². The summed E-state index contributed by atoms with van der Waals surface area (Å²) < 4.78 is 16.2. The number of hydrogen-bond acceptors (Lipinski definition) is 3. The van der Waals surface area contributed by atoms with Crippen LogP contribution in [0.1, 0.15) is 33.1 Å². The zero-order chi connectivity index (χ0) is 12.7. The summed E-state index contributed by atoms with van der Waals surface area (Å²) >= 11 is 6.22. The van der Waals surface area contributed by atoms with Gasteiger partial charge in [0.15, 0.2) is 0 Å². The second-order valence-electron chi connectivity index (χ2n) is 4.88. The highest BCUT2D eigenvalue weighted by molar-refractivity contribution is 6.21. The highest BCUT2D eigenvalue weighted by atomic mass is 35.5. The van der Waals surface area contributed by atoms with Crippen LogP contribution in [-0.2, 0) is 14.2 Å². The van der Waals surface area contributed by atoms with Gasteiger partial charge in [0.1, 0.15) is 0 Å². The molecule has 0 radical (unpaired) electrons. The summed E-state index contributed by atoms with van der Waals surface area (Å²) in [7, 11) is 1.70. The standard InChI is InChI=1S/C13H25ClO3/c1-4-13(2)11(14)10-12(13)17-9-8-16-7-5-6-15-3/h11-12H,4-10H2,1-3H3. The average molecular weight is 265 g/mol. The molecule has 1 aliphatic carbocycles. The lowest BCUT2D eigenvalue weighted by Gasteiger charge is -2.50. The molecule has 17 heavy (non-hydrogen) atoms. The van der Waals surface area contributed by atoms with Crippen molar-refractivity contribution in [3.05, 3.63) is 0 Å². The average Bonchev–Trinajstić information content (AvgIpc) is 2.35. The molecular weight excluding hydrogens is 240 g/mol. The van der Waals surface area contributed by atoms with E-state index >= 15 is 0 Å². The summed E-state index contributed by atoms with van der Waals surface area (Å²) in [5.41, 5.74) is 0.150. The van der Waals surface area contributed by atoms with Gasteiger partial charge < -0.3 is 14.2 Å². The predicted molar refractivity (Wildman–Crippen MR) is 69.7 cm³/mol. The van der Waals surface area contributed by atoms with Crippen molar-refractivity contribution in [1.29, 1.82) is 0 Å². The Hall–Kier alpha value is 0.170. The fourth-order valence-electron chi connectivity index (χ4n) is 2.13. The molecule has 3 nitrogen and oxygen atoms in total. The number of halogens is 1. The lowest BCUT2D eigenvalue weighted by Crippen LogP contribution is -2.53. The third kappa shape index (κ3) is 4.09. The molecule has 1 aliphatic rings. The van der Waals surface area contributed by atoms with Gasteiger partial charge in [0.2, 0.25) is 0 Å². The normalized spacial score (nSPS) is 32.5. The van der Waals surface area contributed by atoms with E-state index in [4.69, 9.17) is 25.8 Å². The minimum Gasteiger partial charge on any atom is -0.385 e. The summed E-state index contributed by atoms with van der Waals surface area (Å²) in [4.78, 5) is 0. The zero-order valence-corrected chi connectivity index (χ0v) is 12.0. The van der Waals surface area contributed by atoms with Gasteiger partial charge >= 0.3 is 0 Å². The van der Waals surface area contributed by atoms with Gasteiger partial charge in [0.25, 0.3) is 0 Å². The molecule has 1 saturated carbocycles. The second-order valence-corrected chi connectivity index (χ2v) is 5.41. The monoisotopic (exact) mass is 264 g/mol. The first-order valence-electron chi connectivity index (χ1n) is 6.47. The first kappa shape index (κ1) is 15.2. The molecule has 1 rings (SSSR count).